The van der Waals surface area contributed by atoms with Gasteiger partial charge < -0.3 is 11.1 Å². The predicted octanol–water partition coefficient (Wildman–Crippen LogP) is 0.846. The van der Waals surface area contributed by atoms with Crippen molar-refractivity contribution in [1.29, 1.82) is 0 Å². The van der Waals surface area contributed by atoms with Crippen LogP contribution in [0.25, 0.3) is 0 Å². The number of halogens is 1. The van der Waals surface area contributed by atoms with E-state index < -0.39 is 0 Å². The van der Waals surface area contributed by atoms with Crippen LogP contribution in [0.5, 0.6) is 0 Å². The molecule has 1 fully saturated rings. The van der Waals surface area contributed by atoms with Gasteiger partial charge in [-0.3, -0.25) is 9.69 Å². The van der Waals surface area contributed by atoms with Crippen molar-refractivity contribution in [2.24, 2.45) is 5.73 Å². The van der Waals surface area contributed by atoms with Gasteiger partial charge in [-0.1, -0.05) is 17.9 Å². The third-order valence-electron chi connectivity index (χ3n) is 3.46. The lowest BCUT2D eigenvalue weighted by Crippen LogP contribution is -2.35. The first kappa shape index (κ1) is 15.5. The van der Waals surface area contributed by atoms with Crippen LogP contribution in [-0.2, 0) is 11.3 Å². The zero-order valence-corrected chi connectivity index (χ0v) is 12.2. The molecule has 1 aromatic rings. The van der Waals surface area contributed by atoms with Crippen molar-refractivity contribution in [3.8, 4) is 11.8 Å². The highest BCUT2D eigenvalue weighted by Crippen LogP contribution is 2.17. The summed E-state index contributed by atoms with van der Waals surface area (Å²) in [4.78, 5) is 13.2. The molecular weight excluding hydrogens is 269 g/mol. The highest BCUT2D eigenvalue weighted by atomic mass is 19.1. The van der Waals surface area contributed by atoms with Crippen LogP contribution >= 0.6 is 0 Å². The summed E-state index contributed by atoms with van der Waals surface area (Å²) in [7, 11) is 0. The van der Waals surface area contributed by atoms with Gasteiger partial charge in [0.15, 0.2) is 0 Å². The highest BCUT2D eigenvalue weighted by molar-refractivity contribution is 5.73. The Morgan fingerprint density at radius 3 is 3.05 bits per heavy atom. The molecule has 5 heteroatoms. The molecule has 1 heterocycles. The molecule has 1 atom stereocenters. The molecule has 21 heavy (non-hydrogen) atoms. The maximum Gasteiger partial charge on any atom is 0.217 e. The SMILES string of the molecule is CC(=O)NC1CCN(Cc2ccc(C#CCN)cc2F)C1. The van der Waals surface area contributed by atoms with Gasteiger partial charge in [0, 0.05) is 43.7 Å². The summed E-state index contributed by atoms with van der Waals surface area (Å²) >= 11 is 0. The van der Waals surface area contributed by atoms with Gasteiger partial charge in [-0.2, -0.15) is 0 Å². The number of rotatable bonds is 3. The zero-order chi connectivity index (χ0) is 15.2. The van der Waals surface area contributed by atoms with E-state index in [9.17, 15) is 9.18 Å². The molecule has 1 aromatic carbocycles. The average Bonchev–Trinajstić information content (AvgIpc) is 2.85. The maximum absolute atomic E-state index is 14.0. The minimum atomic E-state index is -0.248. The van der Waals surface area contributed by atoms with Crippen LogP contribution in [0.2, 0.25) is 0 Å². The maximum atomic E-state index is 14.0. The van der Waals surface area contributed by atoms with Crippen LogP contribution in [0.3, 0.4) is 0 Å². The molecule has 0 aliphatic carbocycles. The van der Waals surface area contributed by atoms with E-state index in [-0.39, 0.29) is 24.3 Å². The van der Waals surface area contributed by atoms with Crippen molar-refractivity contribution in [3.63, 3.8) is 0 Å². The van der Waals surface area contributed by atoms with Crippen LogP contribution in [0.4, 0.5) is 4.39 Å². The second kappa shape index (κ2) is 7.21. The third-order valence-corrected chi connectivity index (χ3v) is 3.46. The summed E-state index contributed by atoms with van der Waals surface area (Å²) in [6.45, 7) is 3.95. The molecule has 1 unspecified atom stereocenters. The standard InChI is InChI=1S/C16H20FN3O/c1-12(21)19-15-6-8-20(11-15)10-14-5-4-13(3-2-7-18)9-16(14)17/h4-5,9,15H,6-8,10-11,18H2,1H3,(H,19,21). The summed E-state index contributed by atoms with van der Waals surface area (Å²) in [6.07, 6.45) is 0.904. The van der Waals surface area contributed by atoms with Crippen LogP contribution < -0.4 is 11.1 Å². The smallest absolute Gasteiger partial charge is 0.217 e. The van der Waals surface area contributed by atoms with Gasteiger partial charge in [-0.25, -0.2) is 4.39 Å². The number of nitrogens with two attached hydrogens (primary N) is 1. The summed E-state index contributed by atoms with van der Waals surface area (Å²) in [5, 5.41) is 2.90. The number of nitrogens with zero attached hydrogens (tertiary/aromatic N) is 1. The van der Waals surface area contributed by atoms with Crippen LogP contribution in [0.1, 0.15) is 24.5 Å². The molecule has 112 valence electrons. The highest BCUT2D eigenvalue weighted by Gasteiger charge is 2.23. The molecule has 1 saturated heterocycles. The number of hydrogen-bond acceptors (Lipinski definition) is 3. The van der Waals surface area contributed by atoms with Crippen LogP contribution in [-0.4, -0.2) is 36.5 Å². The lowest BCUT2D eigenvalue weighted by Gasteiger charge is -2.16. The van der Waals surface area contributed by atoms with E-state index in [1.165, 1.54) is 13.0 Å². The lowest BCUT2D eigenvalue weighted by atomic mass is 10.1. The topological polar surface area (TPSA) is 58.4 Å². The molecular formula is C16H20FN3O. The molecule has 0 saturated carbocycles. The Kier molecular flexibility index (Phi) is 5.32. The van der Waals surface area contributed by atoms with Gasteiger partial charge in [0.2, 0.25) is 5.91 Å². The number of nitrogens with one attached hydrogen (secondary N) is 1. The Morgan fingerprint density at radius 1 is 1.57 bits per heavy atom. The quantitative estimate of drug-likeness (QED) is 0.811. The first-order chi connectivity index (χ1) is 10.1. The number of hydrogen-bond donors (Lipinski definition) is 2. The lowest BCUT2D eigenvalue weighted by molar-refractivity contribution is -0.119. The second-order valence-electron chi connectivity index (χ2n) is 5.23. The molecule has 3 N–H and O–H groups in total. The van der Waals surface area contributed by atoms with Crippen molar-refractivity contribution in [2.45, 2.75) is 25.9 Å². The summed E-state index contributed by atoms with van der Waals surface area (Å²) in [5.74, 6) is 5.26. The minimum Gasteiger partial charge on any atom is -0.352 e. The van der Waals surface area contributed by atoms with Crippen molar-refractivity contribution in [2.75, 3.05) is 19.6 Å². The molecule has 0 aromatic heterocycles. The predicted molar refractivity (Wildman–Crippen MR) is 79.8 cm³/mol. The summed E-state index contributed by atoms with van der Waals surface area (Å²) in [6, 6.07) is 5.18. The van der Waals surface area contributed by atoms with Gasteiger partial charge in [-0.05, 0) is 18.6 Å². The Balaban J connectivity index is 1.96. The van der Waals surface area contributed by atoms with Crippen LogP contribution in [0.15, 0.2) is 18.2 Å². The Bertz CT molecular complexity index is 577. The van der Waals surface area contributed by atoms with E-state index in [0.29, 0.717) is 17.7 Å². The van der Waals surface area contributed by atoms with Crippen LogP contribution in [0, 0.1) is 17.7 Å². The number of benzene rings is 1. The van der Waals surface area contributed by atoms with E-state index in [4.69, 9.17) is 5.73 Å². The van der Waals surface area contributed by atoms with Gasteiger partial charge in [0.25, 0.3) is 0 Å². The van der Waals surface area contributed by atoms with Gasteiger partial charge in [0.05, 0.1) is 6.54 Å². The summed E-state index contributed by atoms with van der Waals surface area (Å²) < 4.78 is 14.0. The van der Waals surface area contributed by atoms with E-state index in [1.807, 2.05) is 6.07 Å². The summed E-state index contributed by atoms with van der Waals surface area (Å²) in [5.41, 5.74) is 6.58. The zero-order valence-electron chi connectivity index (χ0n) is 12.2. The molecule has 1 aliphatic heterocycles. The van der Waals surface area contributed by atoms with Gasteiger partial charge in [-0.15, -0.1) is 0 Å². The fourth-order valence-corrected chi connectivity index (χ4v) is 2.53. The first-order valence-corrected chi connectivity index (χ1v) is 7.05. The molecule has 1 amide bonds. The Hall–Kier alpha value is -1.90. The van der Waals surface area contributed by atoms with Gasteiger partial charge in [0.1, 0.15) is 5.82 Å². The van der Waals surface area contributed by atoms with E-state index >= 15 is 0 Å². The Morgan fingerprint density at radius 2 is 2.38 bits per heavy atom. The fraction of sp³-hybridized carbons (Fsp3) is 0.438. The van der Waals surface area contributed by atoms with E-state index in [1.54, 1.807) is 6.07 Å². The fourth-order valence-electron chi connectivity index (χ4n) is 2.53. The first-order valence-electron chi connectivity index (χ1n) is 7.05. The van der Waals surface area contributed by atoms with E-state index in [0.717, 1.165) is 19.5 Å². The molecule has 0 spiro atoms. The molecule has 0 bridgehead atoms. The van der Waals surface area contributed by atoms with Crippen molar-refractivity contribution in [3.05, 3.63) is 35.1 Å². The van der Waals surface area contributed by atoms with Gasteiger partial charge >= 0.3 is 0 Å². The second-order valence-corrected chi connectivity index (χ2v) is 5.23. The number of amides is 1. The minimum absolute atomic E-state index is 0.0177. The molecule has 2 rings (SSSR count). The average molecular weight is 289 g/mol. The molecule has 1 aliphatic rings. The Labute approximate surface area is 124 Å². The van der Waals surface area contributed by atoms with Crippen molar-refractivity contribution < 1.29 is 9.18 Å². The molecule has 0 radical (unpaired) electrons. The van der Waals surface area contributed by atoms with Crippen molar-refractivity contribution >= 4 is 5.91 Å². The normalized spacial score (nSPS) is 18.1. The van der Waals surface area contributed by atoms with Crippen molar-refractivity contribution in [1.82, 2.24) is 10.2 Å². The molecule has 4 nitrogen and oxygen atoms in total. The van der Waals surface area contributed by atoms with E-state index in [2.05, 4.69) is 22.1 Å². The third kappa shape index (κ3) is 4.55. The number of carbonyl (C=O) groups excluding carboxylic acids is 1. The number of carbonyl (C=O) groups is 1. The number of likely N-dealkylation sites (tertiary alicyclic amines) is 1. The largest absolute Gasteiger partial charge is 0.352 e. The monoisotopic (exact) mass is 289 g/mol.